The summed E-state index contributed by atoms with van der Waals surface area (Å²) in [5.74, 6) is 1.19. The van der Waals surface area contributed by atoms with E-state index in [0.717, 1.165) is 4.57 Å². The molecule has 0 aromatic carbocycles. The Bertz CT molecular complexity index is 1240. The second-order valence-corrected chi connectivity index (χ2v) is 6.97. The number of imidazole rings is 1. The summed E-state index contributed by atoms with van der Waals surface area (Å²) in [6.45, 7) is 0.844. The summed E-state index contributed by atoms with van der Waals surface area (Å²) in [6.07, 6.45) is 4.73. The van der Waals surface area contributed by atoms with E-state index in [-0.39, 0.29) is 24.4 Å². The third-order valence-corrected chi connectivity index (χ3v) is 4.99. The van der Waals surface area contributed by atoms with Gasteiger partial charge < -0.3 is 18.3 Å². The highest BCUT2D eigenvalue weighted by Crippen LogP contribution is 2.14. The van der Waals surface area contributed by atoms with Crippen molar-refractivity contribution >= 4 is 17.1 Å². The van der Waals surface area contributed by atoms with Gasteiger partial charge in [0.1, 0.15) is 11.5 Å². The molecule has 30 heavy (non-hydrogen) atoms. The zero-order chi connectivity index (χ0) is 21.3. The Morgan fingerprint density at radius 3 is 2.23 bits per heavy atom. The Balaban J connectivity index is 1.56. The summed E-state index contributed by atoms with van der Waals surface area (Å²) >= 11 is 0. The van der Waals surface area contributed by atoms with Crippen molar-refractivity contribution in [1.82, 2.24) is 23.6 Å². The third kappa shape index (κ3) is 3.59. The second kappa shape index (κ2) is 7.90. The summed E-state index contributed by atoms with van der Waals surface area (Å²) in [5.41, 5.74) is -0.312. The van der Waals surface area contributed by atoms with Gasteiger partial charge in [-0.05, 0) is 24.3 Å². The maximum atomic E-state index is 13.0. The molecule has 4 aromatic heterocycles. The topological polar surface area (TPSA) is 108 Å². The number of aromatic nitrogens is 4. The van der Waals surface area contributed by atoms with Crippen LogP contribution in [0.2, 0.25) is 0 Å². The first-order valence-electron chi connectivity index (χ1n) is 9.39. The molecule has 4 heterocycles. The molecule has 0 atom stereocenters. The fraction of sp³-hybridized carbons (Fsp3) is 0.300. The highest BCUT2D eigenvalue weighted by atomic mass is 16.3. The van der Waals surface area contributed by atoms with Gasteiger partial charge in [0.15, 0.2) is 11.2 Å². The van der Waals surface area contributed by atoms with Crippen LogP contribution in [0.1, 0.15) is 17.9 Å². The summed E-state index contributed by atoms with van der Waals surface area (Å²) in [7, 11) is 2.97. The monoisotopic (exact) mass is 411 g/mol. The molecule has 156 valence electrons. The number of hydrogen-bond acceptors (Lipinski definition) is 6. The van der Waals surface area contributed by atoms with Gasteiger partial charge in [0.2, 0.25) is 5.91 Å². The Labute approximate surface area is 170 Å². The largest absolute Gasteiger partial charge is 0.467 e. The zero-order valence-electron chi connectivity index (χ0n) is 16.6. The summed E-state index contributed by atoms with van der Waals surface area (Å²) < 4.78 is 14.7. The summed E-state index contributed by atoms with van der Waals surface area (Å²) in [6, 6.07) is 7.14. The Morgan fingerprint density at radius 1 is 1.03 bits per heavy atom. The molecule has 0 fully saturated rings. The maximum Gasteiger partial charge on any atom is 0.332 e. The van der Waals surface area contributed by atoms with Crippen molar-refractivity contribution in [1.29, 1.82) is 0 Å². The lowest BCUT2D eigenvalue weighted by molar-refractivity contribution is -0.133. The number of rotatable bonds is 7. The van der Waals surface area contributed by atoms with Crippen molar-refractivity contribution in [3.8, 4) is 0 Å². The van der Waals surface area contributed by atoms with Crippen LogP contribution < -0.4 is 11.2 Å². The summed E-state index contributed by atoms with van der Waals surface area (Å²) in [4.78, 5) is 43.4. The number of aryl methyl sites for hydroxylation is 2. The molecule has 0 spiro atoms. The van der Waals surface area contributed by atoms with E-state index in [1.54, 1.807) is 53.3 Å². The lowest BCUT2D eigenvalue weighted by Gasteiger charge is -2.21. The lowest BCUT2D eigenvalue weighted by Crippen LogP contribution is -2.37. The Morgan fingerprint density at radius 2 is 1.67 bits per heavy atom. The van der Waals surface area contributed by atoms with Crippen LogP contribution >= 0.6 is 0 Å². The molecule has 4 aromatic rings. The van der Waals surface area contributed by atoms with Crippen molar-refractivity contribution in [3.63, 3.8) is 0 Å². The number of fused-ring (bicyclic) bond motifs is 1. The first-order valence-corrected chi connectivity index (χ1v) is 9.39. The van der Waals surface area contributed by atoms with Gasteiger partial charge in [-0.3, -0.25) is 18.7 Å². The Hall–Kier alpha value is -3.82. The smallest absolute Gasteiger partial charge is 0.332 e. The maximum absolute atomic E-state index is 13.0. The minimum Gasteiger partial charge on any atom is -0.467 e. The number of nitrogens with zero attached hydrogens (tertiary/aromatic N) is 5. The van der Waals surface area contributed by atoms with Crippen LogP contribution in [0.4, 0.5) is 0 Å². The second-order valence-electron chi connectivity index (χ2n) is 6.97. The molecule has 0 aliphatic rings. The van der Waals surface area contributed by atoms with Crippen molar-refractivity contribution in [3.05, 3.63) is 75.5 Å². The predicted molar refractivity (Wildman–Crippen MR) is 107 cm³/mol. The first-order chi connectivity index (χ1) is 14.5. The van der Waals surface area contributed by atoms with Gasteiger partial charge in [-0.25, -0.2) is 9.78 Å². The molecule has 1 amide bonds. The molecule has 0 N–H and O–H groups in total. The van der Waals surface area contributed by atoms with Gasteiger partial charge in [0.05, 0.1) is 31.9 Å². The Kier molecular flexibility index (Phi) is 5.13. The molecular formula is C20H21N5O5. The van der Waals surface area contributed by atoms with Crippen molar-refractivity contribution in [2.75, 3.05) is 0 Å². The van der Waals surface area contributed by atoms with Gasteiger partial charge >= 0.3 is 5.69 Å². The van der Waals surface area contributed by atoms with Gasteiger partial charge in [0.25, 0.3) is 5.56 Å². The fourth-order valence-corrected chi connectivity index (χ4v) is 3.35. The van der Waals surface area contributed by atoms with Gasteiger partial charge in [-0.15, -0.1) is 0 Å². The quantitative estimate of drug-likeness (QED) is 0.453. The van der Waals surface area contributed by atoms with E-state index >= 15 is 0 Å². The van der Waals surface area contributed by atoms with Gasteiger partial charge in [-0.2, -0.15) is 0 Å². The highest BCUT2D eigenvalue weighted by molar-refractivity contribution is 5.76. The van der Waals surface area contributed by atoms with Crippen LogP contribution in [0.15, 0.2) is 61.5 Å². The van der Waals surface area contributed by atoms with Crippen LogP contribution in [-0.4, -0.2) is 29.5 Å². The SMILES string of the molecule is Cn1c(=O)c2c(ncn2CCC(=O)N(Cc2ccco2)Cc2ccco2)n(C)c1=O. The first kappa shape index (κ1) is 19.5. The minimum absolute atomic E-state index is 0.133. The highest BCUT2D eigenvalue weighted by Gasteiger charge is 2.19. The van der Waals surface area contributed by atoms with Gasteiger partial charge in [-0.1, -0.05) is 0 Å². The molecule has 0 aliphatic heterocycles. The van der Waals surface area contributed by atoms with Crippen LogP contribution in [0, 0.1) is 0 Å². The third-order valence-electron chi connectivity index (χ3n) is 4.99. The van der Waals surface area contributed by atoms with Crippen molar-refractivity contribution < 1.29 is 13.6 Å². The van der Waals surface area contributed by atoms with Crippen LogP contribution in [0.5, 0.6) is 0 Å². The van der Waals surface area contributed by atoms with Crippen LogP contribution in [-0.2, 0) is 38.5 Å². The zero-order valence-corrected chi connectivity index (χ0v) is 16.6. The average molecular weight is 411 g/mol. The molecule has 0 unspecified atom stereocenters. The van der Waals surface area contributed by atoms with E-state index in [1.165, 1.54) is 17.9 Å². The molecule has 0 saturated heterocycles. The molecule has 0 aliphatic carbocycles. The average Bonchev–Trinajstić information content (AvgIpc) is 3.50. The summed E-state index contributed by atoms with van der Waals surface area (Å²) in [5, 5.41) is 0. The van der Waals surface area contributed by atoms with Crippen molar-refractivity contribution in [2.45, 2.75) is 26.1 Å². The fourth-order valence-electron chi connectivity index (χ4n) is 3.35. The number of furan rings is 2. The number of amides is 1. The molecular weight excluding hydrogens is 390 g/mol. The van der Waals surface area contributed by atoms with E-state index < -0.39 is 11.2 Å². The van der Waals surface area contributed by atoms with Gasteiger partial charge in [0, 0.05) is 27.1 Å². The molecule has 4 rings (SSSR count). The predicted octanol–water partition coefficient (Wildman–Crippen LogP) is 1.24. The van der Waals surface area contributed by atoms with E-state index in [1.807, 2.05) is 0 Å². The van der Waals surface area contributed by atoms with E-state index in [2.05, 4.69) is 4.98 Å². The lowest BCUT2D eigenvalue weighted by atomic mass is 10.3. The molecule has 0 radical (unpaired) electrons. The molecule has 10 nitrogen and oxygen atoms in total. The minimum atomic E-state index is -0.447. The van der Waals surface area contributed by atoms with Crippen LogP contribution in [0.25, 0.3) is 11.2 Å². The van der Waals surface area contributed by atoms with Crippen molar-refractivity contribution in [2.24, 2.45) is 14.1 Å². The number of carbonyl (C=O) groups excluding carboxylic acids is 1. The number of hydrogen-bond donors (Lipinski definition) is 0. The standard InChI is InChI=1S/C20H21N5O5/c1-22-18-17(19(27)23(2)20(22)28)24(13-21-18)8-7-16(26)25(11-14-5-3-9-29-14)12-15-6-4-10-30-15/h3-6,9-10,13H,7-8,11-12H2,1-2H3. The molecule has 10 heteroatoms. The number of carbonyl (C=O) groups is 1. The van der Waals surface area contributed by atoms with E-state index in [9.17, 15) is 14.4 Å². The molecule has 0 bridgehead atoms. The normalized spacial score (nSPS) is 11.3. The molecule has 0 saturated carbocycles. The van der Waals surface area contributed by atoms with Crippen LogP contribution in [0.3, 0.4) is 0 Å². The van der Waals surface area contributed by atoms with E-state index in [4.69, 9.17) is 8.83 Å². The van der Waals surface area contributed by atoms with E-state index in [0.29, 0.717) is 30.3 Å².